The summed E-state index contributed by atoms with van der Waals surface area (Å²) in [7, 11) is 1.60. The van der Waals surface area contributed by atoms with Crippen molar-refractivity contribution in [2.75, 3.05) is 46.6 Å². The molecule has 1 aliphatic heterocycles. The van der Waals surface area contributed by atoms with Crippen molar-refractivity contribution in [3.8, 4) is 11.5 Å². The van der Waals surface area contributed by atoms with Gasteiger partial charge in [0.05, 0.1) is 32.5 Å². The van der Waals surface area contributed by atoms with Gasteiger partial charge < -0.3 is 14.2 Å². The minimum atomic E-state index is -0.111. The summed E-state index contributed by atoms with van der Waals surface area (Å²) in [4.78, 5) is 15.2. The van der Waals surface area contributed by atoms with Gasteiger partial charge >= 0.3 is 0 Å². The zero-order valence-corrected chi connectivity index (χ0v) is 18.8. The predicted molar refractivity (Wildman–Crippen MR) is 124 cm³/mol. The van der Waals surface area contributed by atoms with Crippen LogP contribution in [0.1, 0.15) is 35.2 Å². The Hall–Kier alpha value is -2.34. The third-order valence-electron chi connectivity index (χ3n) is 5.23. The number of carbonyl (C=O) groups is 1. The largest absolute Gasteiger partial charge is 0.497 e. The first-order valence-corrected chi connectivity index (χ1v) is 11.1. The number of ether oxygens (including phenoxy) is 3. The smallest absolute Gasteiger partial charge is 0.189 e. The summed E-state index contributed by atoms with van der Waals surface area (Å²) < 4.78 is 16.7. The lowest BCUT2D eigenvalue weighted by Gasteiger charge is -2.26. The average Bonchev–Trinajstić information content (AvgIpc) is 2.81. The number of allylic oxidation sites excluding steroid dienone is 1. The second kappa shape index (κ2) is 12.5. The van der Waals surface area contributed by atoms with E-state index >= 15 is 0 Å². The van der Waals surface area contributed by atoms with Crippen molar-refractivity contribution in [1.82, 2.24) is 4.90 Å². The molecule has 166 valence electrons. The van der Waals surface area contributed by atoms with Gasteiger partial charge in [0, 0.05) is 24.2 Å². The van der Waals surface area contributed by atoms with E-state index in [9.17, 15) is 4.79 Å². The van der Waals surface area contributed by atoms with Crippen LogP contribution in [0.15, 0.2) is 48.5 Å². The molecule has 0 spiro atoms. The molecule has 0 bridgehead atoms. The van der Waals surface area contributed by atoms with Crippen molar-refractivity contribution < 1.29 is 19.0 Å². The molecule has 0 N–H and O–H groups in total. The van der Waals surface area contributed by atoms with E-state index in [1.165, 1.54) is 0 Å². The van der Waals surface area contributed by atoms with Crippen LogP contribution < -0.4 is 9.47 Å². The molecule has 0 unspecified atom stereocenters. The number of carbonyl (C=O) groups excluding carboxylic acids is 1. The number of hydrogen-bond donors (Lipinski definition) is 0. The van der Waals surface area contributed by atoms with Gasteiger partial charge in [0.25, 0.3) is 0 Å². The summed E-state index contributed by atoms with van der Waals surface area (Å²) in [5.74, 6) is 1.11. The quantitative estimate of drug-likeness (QED) is 0.274. The van der Waals surface area contributed by atoms with Gasteiger partial charge in [0.15, 0.2) is 5.78 Å². The minimum Gasteiger partial charge on any atom is -0.497 e. The first kappa shape index (κ1) is 23.3. The first-order chi connectivity index (χ1) is 15.2. The summed E-state index contributed by atoms with van der Waals surface area (Å²) in [5, 5.41) is 0.666. The Balaban J connectivity index is 1.52. The molecular weight excluding hydrogens is 414 g/mol. The van der Waals surface area contributed by atoms with Crippen molar-refractivity contribution >= 4 is 23.5 Å². The Bertz CT molecular complexity index is 860. The van der Waals surface area contributed by atoms with E-state index in [2.05, 4.69) is 4.90 Å². The molecular formula is C25H30ClNO4. The van der Waals surface area contributed by atoms with E-state index in [1.807, 2.05) is 12.1 Å². The SMILES string of the molecule is COc1ccc(C(=O)C=Cc2ccc(Cl)cc2)c(OCCCCCN2CCOCC2)c1. The minimum absolute atomic E-state index is 0.111. The van der Waals surface area contributed by atoms with Crippen molar-refractivity contribution in [1.29, 1.82) is 0 Å². The number of nitrogens with zero attached hydrogens (tertiary/aromatic N) is 1. The van der Waals surface area contributed by atoms with Gasteiger partial charge in [0.2, 0.25) is 0 Å². The topological polar surface area (TPSA) is 48.0 Å². The fraction of sp³-hybridized carbons (Fsp3) is 0.400. The summed E-state index contributed by atoms with van der Waals surface area (Å²) in [6.07, 6.45) is 6.49. The van der Waals surface area contributed by atoms with Gasteiger partial charge in [-0.1, -0.05) is 29.8 Å². The lowest BCUT2D eigenvalue weighted by molar-refractivity contribution is 0.0370. The number of unbranched alkanes of at least 4 members (excludes halogenated alkanes) is 2. The maximum atomic E-state index is 12.8. The third-order valence-corrected chi connectivity index (χ3v) is 5.48. The zero-order chi connectivity index (χ0) is 21.9. The fourth-order valence-electron chi connectivity index (χ4n) is 3.41. The highest BCUT2D eigenvalue weighted by Gasteiger charge is 2.12. The highest BCUT2D eigenvalue weighted by molar-refractivity contribution is 6.30. The molecule has 0 aromatic heterocycles. The van der Waals surface area contributed by atoms with Crippen LogP contribution in [-0.4, -0.2) is 57.2 Å². The molecule has 0 amide bonds. The van der Waals surface area contributed by atoms with Gasteiger partial charge in [0.1, 0.15) is 11.5 Å². The Morgan fingerprint density at radius 1 is 1.10 bits per heavy atom. The van der Waals surface area contributed by atoms with E-state index in [-0.39, 0.29) is 5.78 Å². The van der Waals surface area contributed by atoms with Crippen molar-refractivity contribution in [2.45, 2.75) is 19.3 Å². The van der Waals surface area contributed by atoms with Crippen molar-refractivity contribution in [3.05, 3.63) is 64.7 Å². The standard InChI is InChI=1S/C25H30ClNO4/c1-29-22-10-11-23(24(28)12-7-20-5-8-21(26)9-6-20)25(19-22)31-16-4-2-3-13-27-14-17-30-18-15-27/h5-12,19H,2-4,13-18H2,1H3. The van der Waals surface area contributed by atoms with Crippen LogP contribution in [0.4, 0.5) is 0 Å². The predicted octanol–water partition coefficient (Wildman–Crippen LogP) is 5.13. The molecule has 5 nitrogen and oxygen atoms in total. The van der Waals surface area contributed by atoms with Crippen molar-refractivity contribution in [3.63, 3.8) is 0 Å². The molecule has 0 aliphatic carbocycles. The molecule has 1 saturated heterocycles. The maximum Gasteiger partial charge on any atom is 0.189 e. The molecule has 31 heavy (non-hydrogen) atoms. The Morgan fingerprint density at radius 2 is 1.87 bits per heavy atom. The number of rotatable bonds is 11. The monoisotopic (exact) mass is 443 g/mol. The van der Waals surface area contributed by atoms with Gasteiger partial charge in [-0.15, -0.1) is 0 Å². The number of benzene rings is 2. The second-order valence-corrected chi connectivity index (χ2v) is 7.91. The summed E-state index contributed by atoms with van der Waals surface area (Å²) in [6.45, 7) is 5.38. The Labute approximate surface area is 189 Å². The molecule has 2 aromatic rings. The van der Waals surface area contributed by atoms with Crippen LogP contribution in [-0.2, 0) is 4.74 Å². The number of hydrogen-bond acceptors (Lipinski definition) is 5. The van der Waals surface area contributed by atoms with Crippen LogP contribution in [0.5, 0.6) is 11.5 Å². The molecule has 1 aliphatic rings. The molecule has 1 heterocycles. The van der Waals surface area contributed by atoms with Crippen LogP contribution in [0.25, 0.3) is 6.08 Å². The lowest BCUT2D eigenvalue weighted by Crippen LogP contribution is -2.36. The van der Waals surface area contributed by atoms with Crippen LogP contribution >= 0.6 is 11.6 Å². The summed E-state index contributed by atoms with van der Waals surface area (Å²) >= 11 is 5.91. The third kappa shape index (κ3) is 7.69. The highest BCUT2D eigenvalue weighted by atomic mass is 35.5. The van der Waals surface area contributed by atoms with Crippen LogP contribution in [0.3, 0.4) is 0 Å². The number of morpholine rings is 1. The van der Waals surface area contributed by atoms with E-state index in [4.69, 9.17) is 25.8 Å². The Morgan fingerprint density at radius 3 is 2.61 bits per heavy atom. The fourth-order valence-corrected chi connectivity index (χ4v) is 3.54. The highest BCUT2D eigenvalue weighted by Crippen LogP contribution is 2.26. The van der Waals surface area contributed by atoms with Gasteiger partial charge in [-0.3, -0.25) is 9.69 Å². The average molecular weight is 444 g/mol. The number of methoxy groups -OCH3 is 1. The zero-order valence-electron chi connectivity index (χ0n) is 18.0. The molecule has 0 atom stereocenters. The van der Waals surface area contributed by atoms with E-state index < -0.39 is 0 Å². The molecule has 3 rings (SSSR count). The summed E-state index contributed by atoms with van der Waals surface area (Å²) in [5.41, 5.74) is 1.44. The number of halogens is 1. The molecule has 0 radical (unpaired) electrons. The van der Waals surface area contributed by atoms with Crippen LogP contribution in [0, 0.1) is 0 Å². The van der Waals surface area contributed by atoms with Crippen molar-refractivity contribution in [2.24, 2.45) is 0 Å². The van der Waals surface area contributed by atoms with E-state index in [0.717, 1.165) is 57.7 Å². The molecule has 1 fully saturated rings. The summed E-state index contributed by atoms with van der Waals surface area (Å²) in [6, 6.07) is 12.6. The van der Waals surface area contributed by atoms with Gasteiger partial charge in [-0.05, 0) is 61.7 Å². The maximum absolute atomic E-state index is 12.8. The molecule has 0 saturated carbocycles. The lowest BCUT2D eigenvalue weighted by atomic mass is 10.1. The van der Waals surface area contributed by atoms with Gasteiger partial charge in [-0.25, -0.2) is 0 Å². The van der Waals surface area contributed by atoms with Gasteiger partial charge in [-0.2, -0.15) is 0 Å². The van der Waals surface area contributed by atoms with E-state index in [0.29, 0.717) is 28.7 Å². The second-order valence-electron chi connectivity index (χ2n) is 7.47. The van der Waals surface area contributed by atoms with Crippen LogP contribution in [0.2, 0.25) is 5.02 Å². The first-order valence-electron chi connectivity index (χ1n) is 10.7. The normalized spacial score (nSPS) is 14.6. The van der Waals surface area contributed by atoms with E-state index in [1.54, 1.807) is 49.6 Å². The number of ketones is 1. The molecule has 2 aromatic carbocycles. The molecule has 6 heteroatoms. The Kier molecular flexibility index (Phi) is 9.40.